The van der Waals surface area contributed by atoms with Crippen LogP contribution in [0.5, 0.6) is 0 Å². The third-order valence-electron chi connectivity index (χ3n) is 3.71. The van der Waals surface area contributed by atoms with Crippen molar-refractivity contribution in [2.75, 3.05) is 5.73 Å². The van der Waals surface area contributed by atoms with E-state index in [0.717, 1.165) is 19.3 Å². The third-order valence-corrected chi connectivity index (χ3v) is 4.70. The summed E-state index contributed by atoms with van der Waals surface area (Å²) in [6, 6.07) is 5.05. The number of aromatic nitrogens is 1. The molecule has 0 aromatic carbocycles. The number of fused-ring (bicyclic) bond motifs is 1. The Balaban J connectivity index is 1.71. The van der Waals surface area contributed by atoms with E-state index in [4.69, 9.17) is 5.73 Å². The standard InChI is InChI=1S/C15H17N3O2S/c16-10-4-5-15(20)18(8-10)9-14(19)17-12-2-1-3-13-11(12)6-7-21-13/h4-8,12H,1-3,9,16H2,(H,17,19). The first-order valence-electron chi connectivity index (χ1n) is 6.95. The number of rotatable bonds is 3. The molecule has 2 aromatic rings. The fraction of sp³-hybridized carbons (Fsp3) is 0.333. The zero-order valence-electron chi connectivity index (χ0n) is 11.5. The van der Waals surface area contributed by atoms with Crippen molar-refractivity contribution in [1.29, 1.82) is 0 Å². The van der Waals surface area contributed by atoms with Gasteiger partial charge in [0.05, 0.1) is 6.04 Å². The molecule has 0 saturated heterocycles. The van der Waals surface area contributed by atoms with E-state index in [1.54, 1.807) is 11.3 Å². The number of aryl methyl sites for hydroxylation is 1. The Hall–Kier alpha value is -2.08. The summed E-state index contributed by atoms with van der Waals surface area (Å²) in [6.07, 6.45) is 4.62. The first-order valence-corrected chi connectivity index (χ1v) is 7.83. The molecular formula is C15H17N3O2S. The predicted octanol–water partition coefficient (Wildman–Crippen LogP) is 1.69. The van der Waals surface area contributed by atoms with E-state index in [-0.39, 0.29) is 24.1 Å². The largest absolute Gasteiger partial charge is 0.398 e. The monoisotopic (exact) mass is 303 g/mol. The highest BCUT2D eigenvalue weighted by atomic mass is 32.1. The van der Waals surface area contributed by atoms with Gasteiger partial charge in [-0.1, -0.05) is 0 Å². The van der Waals surface area contributed by atoms with Crippen molar-refractivity contribution in [3.05, 3.63) is 50.6 Å². The van der Waals surface area contributed by atoms with Crippen LogP contribution in [0.3, 0.4) is 0 Å². The molecule has 1 aliphatic rings. The summed E-state index contributed by atoms with van der Waals surface area (Å²) in [7, 11) is 0. The molecule has 0 spiro atoms. The second-order valence-corrected chi connectivity index (χ2v) is 6.24. The number of carbonyl (C=O) groups is 1. The van der Waals surface area contributed by atoms with Crippen molar-refractivity contribution in [2.24, 2.45) is 0 Å². The van der Waals surface area contributed by atoms with Gasteiger partial charge in [-0.05, 0) is 42.3 Å². The van der Waals surface area contributed by atoms with Gasteiger partial charge in [0.2, 0.25) is 5.91 Å². The Labute approximate surface area is 126 Å². The Morgan fingerprint density at radius 1 is 1.43 bits per heavy atom. The van der Waals surface area contributed by atoms with Gasteiger partial charge in [-0.2, -0.15) is 0 Å². The molecule has 21 heavy (non-hydrogen) atoms. The summed E-state index contributed by atoms with van der Waals surface area (Å²) >= 11 is 1.74. The maximum absolute atomic E-state index is 12.2. The summed E-state index contributed by atoms with van der Waals surface area (Å²) in [6.45, 7) is -0.000155. The van der Waals surface area contributed by atoms with Crippen molar-refractivity contribution < 1.29 is 4.79 Å². The SMILES string of the molecule is Nc1ccc(=O)n(CC(=O)NC2CCCc3sccc32)c1. The minimum atomic E-state index is -0.223. The lowest BCUT2D eigenvalue weighted by Crippen LogP contribution is -2.35. The molecule has 2 heterocycles. The topological polar surface area (TPSA) is 77.1 Å². The quantitative estimate of drug-likeness (QED) is 0.906. The van der Waals surface area contributed by atoms with E-state index in [1.165, 1.54) is 33.3 Å². The minimum Gasteiger partial charge on any atom is -0.398 e. The Kier molecular flexibility index (Phi) is 3.79. The van der Waals surface area contributed by atoms with E-state index in [0.29, 0.717) is 5.69 Å². The van der Waals surface area contributed by atoms with Crippen molar-refractivity contribution in [3.63, 3.8) is 0 Å². The molecule has 0 bridgehead atoms. The molecule has 110 valence electrons. The first-order chi connectivity index (χ1) is 10.1. The number of anilines is 1. The van der Waals surface area contributed by atoms with Gasteiger partial charge < -0.3 is 15.6 Å². The van der Waals surface area contributed by atoms with Gasteiger partial charge in [0.15, 0.2) is 0 Å². The van der Waals surface area contributed by atoms with E-state index in [2.05, 4.69) is 16.8 Å². The smallest absolute Gasteiger partial charge is 0.251 e. The lowest BCUT2D eigenvalue weighted by molar-refractivity contribution is -0.122. The number of carbonyl (C=O) groups excluding carboxylic acids is 1. The van der Waals surface area contributed by atoms with E-state index in [1.807, 2.05) is 0 Å². The highest BCUT2D eigenvalue weighted by Crippen LogP contribution is 2.33. The molecule has 6 heteroatoms. The average Bonchev–Trinajstić information content (AvgIpc) is 2.92. The molecule has 0 saturated carbocycles. The van der Waals surface area contributed by atoms with Gasteiger partial charge in [-0.3, -0.25) is 9.59 Å². The normalized spacial score (nSPS) is 17.2. The van der Waals surface area contributed by atoms with Gasteiger partial charge in [0.1, 0.15) is 6.54 Å². The molecule has 3 N–H and O–H groups in total. The van der Waals surface area contributed by atoms with Crippen molar-refractivity contribution >= 4 is 22.9 Å². The molecular weight excluding hydrogens is 286 g/mol. The van der Waals surface area contributed by atoms with Crippen LogP contribution in [0.2, 0.25) is 0 Å². The van der Waals surface area contributed by atoms with Gasteiger partial charge in [0.25, 0.3) is 5.56 Å². The maximum Gasteiger partial charge on any atom is 0.251 e. The van der Waals surface area contributed by atoms with Crippen LogP contribution in [0.15, 0.2) is 34.6 Å². The molecule has 3 rings (SSSR count). The van der Waals surface area contributed by atoms with E-state index >= 15 is 0 Å². The molecule has 1 amide bonds. The number of amides is 1. The van der Waals surface area contributed by atoms with Crippen LogP contribution in [-0.4, -0.2) is 10.5 Å². The zero-order valence-corrected chi connectivity index (χ0v) is 12.4. The molecule has 0 fully saturated rings. The number of pyridine rings is 1. The van der Waals surface area contributed by atoms with Crippen LogP contribution in [-0.2, 0) is 17.8 Å². The fourth-order valence-corrected chi connectivity index (χ4v) is 3.69. The molecule has 5 nitrogen and oxygen atoms in total. The van der Waals surface area contributed by atoms with Gasteiger partial charge in [-0.15, -0.1) is 11.3 Å². The molecule has 2 aromatic heterocycles. The number of nitrogens with zero attached hydrogens (tertiary/aromatic N) is 1. The lowest BCUT2D eigenvalue weighted by Gasteiger charge is -2.23. The summed E-state index contributed by atoms with van der Waals surface area (Å²) in [5, 5.41) is 5.09. The van der Waals surface area contributed by atoms with Crippen LogP contribution < -0.4 is 16.6 Å². The second-order valence-electron chi connectivity index (χ2n) is 5.24. The van der Waals surface area contributed by atoms with Gasteiger partial charge in [0, 0.05) is 22.8 Å². The Morgan fingerprint density at radius 2 is 2.29 bits per heavy atom. The summed E-state index contributed by atoms with van der Waals surface area (Å²) in [5.74, 6) is -0.160. The number of thiophene rings is 1. The maximum atomic E-state index is 12.2. The summed E-state index contributed by atoms with van der Waals surface area (Å²) in [4.78, 5) is 25.2. The highest BCUT2D eigenvalue weighted by molar-refractivity contribution is 7.10. The first kappa shape index (κ1) is 13.9. The summed E-state index contributed by atoms with van der Waals surface area (Å²) < 4.78 is 1.34. The van der Waals surface area contributed by atoms with Crippen LogP contribution in [0.25, 0.3) is 0 Å². The molecule has 1 aliphatic carbocycles. The van der Waals surface area contributed by atoms with Crippen molar-refractivity contribution in [1.82, 2.24) is 9.88 Å². The molecule has 0 aliphatic heterocycles. The number of nitrogen functional groups attached to an aromatic ring is 1. The third kappa shape index (κ3) is 3.00. The minimum absolute atomic E-state index is 0.000155. The average molecular weight is 303 g/mol. The number of nitrogens with two attached hydrogens (primary N) is 1. The molecule has 0 radical (unpaired) electrons. The van der Waals surface area contributed by atoms with Crippen LogP contribution >= 0.6 is 11.3 Å². The molecule has 1 atom stereocenters. The van der Waals surface area contributed by atoms with E-state index in [9.17, 15) is 9.59 Å². The Morgan fingerprint density at radius 3 is 3.14 bits per heavy atom. The fourth-order valence-electron chi connectivity index (χ4n) is 2.70. The Bertz CT molecular complexity index is 720. The van der Waals surface area contributed by atoms with Gasteiger partial charge in [-0.25, -0.2) is 0 Å². The number of nitrogens with one attached hydrogen (secondary N) is 1. The summed E-state index contributed by atoms with van der Waals surface area (Å²) in [5.41, 5.74) is 7.12. The van der Waals surface area contributed by atoms with Crippen LogP contribution in [0.4, 0.5) is 5.69 Å². The van der Waals surface area contributed by atoms with Crippen molar-refractivity contribution in [2.45, 2.75) is 31.8 Å². The number of hydrogen-bond donors (Lipinski definition) is 2. The molecule has 1 unspecified atom stereocenters. The van der Waals surface area contributed by atoms with Crippen LogP contribution in [0.1, 0.15) is 29.3 Å². The van der Waals surface area contributed by atoms with Crippen molar-refractivity contribution in [3.8, 4) is 0 Å². The van der Waals surface area contributed by atoms with Gasteiger partial charge >= 0.3 is 0 Å². The van der Waals surface area contributed by atoms with Crippen LogP contribution in [0, 0.1) is 0 Å². The zero-order chi connectivity index (χ0) is 14.8. The second kappa shape index (κ2) is 5.73. The lowest BCUT2D eigenvalue weighted by atomic mass is 9.94. The highest BCUT2D eigenvalue weighted by Gasteiger charge is 2.22. The van der Waals surface area contributed by atoms with E-state index < -0.39 is 0 Å². The number of hydrogen-bond acceptors (Lipinski definition) is 4. The predicted molar refractivity (Wildman–Crippen MR) is 83.3 cm³/mol.